The van der Waals surface area contributed by atoms with Gasteiger partial charge in [0, 0.05) is 28.7 Å². The van der Waals surface area contributed by atoms with E-state index >= 15 is 4.39 Å². The van der Waals surface area contributed by atoms with E-state index in [1.54, 1.807) is 12.1 Å². The van der Waals surface area contributed by atoms with Gasteiger partial charge in [0.25, 0.3) is 5.91 Å². The second kappa shape index (κ2) is 9.78. The van der Waals surface area contributed by atoms with Gasteiger partial charge in [-0.1, -0.05) is 36.2 Å². The number of amides is 2. The minimum atomic E-state index is -1.09. The standard InChI is InChI=1S/C25H28ClFN4O3S/c1-24(2,3)31(23(33)34)22-30-25(11-5-4-6-15(25)14-35-22)18-12-17(8-9-19(18)27)29-21(32)20-10-7-16(26)13-28-20/h7-10,12-13,15H,4-6,11,14H2,1-3H3,(H,29,32)(H,33,34)/t15-,25-/m0/s1. The lowest BCUT2D eigenvalue weighted by atomic mass is 9.69. The van der Waals surface area contributed by atoms with E-state index in [9.17, 15) is 14.7 Å². The molecule has 0 bridgehead atoms. The lowest BCUT2D eigenvalue weighted by Gasteiger charge is -2.47. The number of carboxylic acid groups (broad SMARTS) is 1. The van der Waals surface area contributed by atoms with Crippen LogP contribution in [0.25, 0.3) is 0 Å². The molecule has 2 N–H and O–H groups in total. The number of aliphatic imine (C=N–C) groups is 1. The summed E-state index contributed by atoms with van der Waals surface area (Å²) in [5, 5.41) is 13.5. The van der Waals surface area contributed by atoms with E-state index in [-0.39, 0.29) is 11.6 Å². The summed E-state index contributed by atoms with van der Waals surface area (Å²) < 4.78 is 15.4. The maximum Gasteiger partial charge on any atom is 0.413 e. The normalized spacial score (nSPS) is 22.1. The highest BCUT2D eigenvalue weighted by Crippen LogP contribution is 2.51. The minimum Gasteiger partial charge on any atom is -0.465 e. The van der Waals surface area contributed by atoms with Crippen LogP contribution in [0.2, 0.25) is 5.02 Å². The summed E-state index contributed by atoms with van der Waals surface area (Å²) in [5.41, 5.74) is -0.629. The molecule has 0 spiro atoms. The first-order valence-electron chi connectivity index (χ1n) is 11.5. The average molecular weight is 519 g/mol. The van der Waals surface area contributed by atoms with Crippen LogP contribution < -0.4 is 5.32 Å². The average Bonchev–Trinajstić information content (AvgIpc) is 2.79. The highest BCUT2D eigenvalue weighted by Gasteiger charge is 2.48. The number of fused-ring (bicyclic) bond motifs is 1. The molecule has 1 aliphatic heterocycles. The number of aromatic nitrogens is 1. The highest BCUT2D eigenvalue weighted by molar-refractivity contribution is 8.13. The molecule has 1 fully saturated rings. The summed E-state index contributed by atoms with van der Waals surface area (Å²) in [7, 11) is 0. The van der Waals surface area contributed by atoms with Gasteiger partial charge in [0.05, 0.1) is 10.6 Å². The molecular formula is C25H28ClFN4O3S. The number of nitrogens with zero attached hydrogens (tertiary/aromatic N) is 3. The molecule has 0 saturated heterocycles. The van der Waals surface area contributed by atoms with Crippen LogP contribution in [-0.2, 0) is 5.54 Å². The Hall–Kier alpha value is -2.65. The van der Waals surface area contributed by atoms with Crippen molar-refractivity contribution in [2.24, 2.45) is 10.9 Å². The predicted molar refractivity (Wildman–Crippen MR) is 137 cm³/mol. The predicted octanol–water partition coefficient (Wildman–Crippen LogP) is 6.39. The molecule has 35 heavy (non-hydrogen) atoms. The minimum absolute atomic E-state index is 0.0546. The van der Waals surface area contributed by atoms with Crippen LogP contribution in [0, 0.1) is 11.7 Å². The number of carbonyl (C=O) groups excluding carboxylic acids is 1. The Morgan fingerprint density at radius 3 is 2.69 bits per heavy atom. The van der Waals surface area contributed by atoms with Crippen molar-refractivity contribution in [2.75, 3.05) is 11.1 Å². The molecule has 186 valence electrons. The molecule has 0 unspecified atom stereocenters. The number of hydrogen-bond acceptors (Lipinski definition) is 5. The third-order valence-corrected chi connectivity index (χ3v) is 7.77. The Balaban J connectivity index is 1.75. The van der Waals surface area contributed by atoms with Gasteiger partial charge in [0.15, 0.2) is 5.17 Å². The second-order valence-electron chi connectivity index (χ2n) is 9.87. The van der Waals surface area contributed by atoms with Crippen molar-refractivity contribution < 1.29 is 19.1 Å². The molecule has 4 rings (SSSR count). The fourth-order valence-corrected chi connectivity index (χ4v) is 6.41. The van der Waals surface area contributed by atoms with Crippen LogP contribution in [0.5, 0.6) is 0 Å². The molecule has 1 aromatic heterocycles. The Kier molecular flexibility index (Phi) is 7.11. The summed E-state index contributed by atoms with van der Waals surface area (Å²) in [6.45, 7) is 5.43. The van der Waals surface area contributed by atoms with Crippen LogP contribution in [-0.4, -0.2) is 43.5 Å². The van der Waals surface area contributed by atoms with Crippen LogP contribution in [0.15, 0.2) is 41.5 Å². The molecule has 2 amide bonds. The quantitative estimate of drug-likeness (QED) is 0.490. The first kappa shape index (κ1) is 25.4. The van der Waals surface area contributed by atoms with E-state index in [2.05, 4.69) is 10.3 Å². The molecule has 7 nitrogen and oxygen atoms in total. The Morgan fingerprint density at radius 2 is 2.03 bits per heavy atom. The van der Waals surface area contributed by atoms with Crippen molar-refractivity contribution in [3.05, 3.63) is 58.6 Å². The Labute approximate surface area is 213 Å². The highest BCUT2D eigenvalue weighted by atomic mass is 35.5. The van der Waals surface area contributed by atoms with Crippen molar-refractivity contribution in [1.82, 2.24) is 9.88 Å². The van der Waals surface area contributed by atoms with Gasteiger partial charge in [-0.25, -0.2) is 14.2 Å². The molecule has 1 aromatic carbocycles. The zero-order chi connectivity index (χ0) is 25.4. The van der Waals surface area contributed by atoms with E-state index in [1.165, 1.54) is 41.1 Å². The number of amidine groups is 1. The molecule has 1 saturated carbocycles. The monoisotopic (exact) mass is 518 g/mol. The lowest BCUT2D eigenvalue weighted by molar-refractivity contribution is 0.102. The number of rotatable bonds is 3. The van der Waals surface area contributed by atoms with Crippen LogP contribution >= 0.6 is 23.4 Å². The number of anilines is 1. The molecule has 2 aliphatic rings. The van der Waals surface area contributed by atoms with Crippen molar-refractivity contribution in [2.45, 2.75) is 57.5 Å². The van der Waals surface area contributed by atoms with Crippen LogP contribution in [0.1, 0.15) is 62.5 Å². The summed E-state index contributed by atoms with van der Waals surface area (Å²) >= 11 is 7.26. The first-order chi connectivity index (χ1) is 16.5. The van der Waals surface area contributed by atoms with Gasteiger partial charge in [-0.2, -0.15) is 0 Å². The van der Waals surface area contributed by atoms with Gasteiger partial charge < -0.3 is 10.4 Å². The molecule has 2 atom stereocenters. The van der Waals surface area contributed by atoms with Crippen molar-refractivity contribution in [1.29, 1.82) is 0 Å². The van der Waals surface area contributed by atoms with E-state index in [4.69, 9.17) is 16.6 Å². The molecule has 2 heterocycles. The number of halogens is 2. The largest absolute Gasteiger partial charge is 0.465 e. The van der Waals surface area contributed by atoms with Crippen molar-refractivity contribution in [3.63, 3.8) is 0 Å². The van der Waals surface area contributed by atoms with E-state index in [0.29, 0.717) is 33.6 Å². The third kappa shape index (κ3) is 5.16. The summed E-state index contributed by atoms with van der Waals surface area (Å²) in [6, 6.07) is 7.55. The number of pyridine rings is 1. The number of thioether (sulfide) groups is 1. The number of nitrogens with one attached hydrogen (secondary N) is 1. The third-order valence-electron chi connectivity index (χ3n) is 6.45. The second-order valence-corrected chi connectivity index (χ2v) is 11.3. The molecule has 2 aromatic rings. The van der Waals surface area contributed by atoms with Crippen molar-refractivity contribution in [3.8, 4) is 0 Å². The van der Waals surface area contributed by atoms with Gasteiger partial charge in [-0.05, 0) is 69.9 Å². The van der Waals surface area contributed by atoms with Gasteiger partial charge in [-0.3, -0.25) is 14.7 Å². The van der Waals surface area contributed by atoms with E-state index < -0.39 is 28.9 Å². The Bertz CT molecular complexity index is 1170. The topological polar surface area (TPSA) is 94.9 Å². The van der Waals surface area contributed by atoms with Gasteiger partial charge in [-0.15, -0.1) is 0 Å². The fraction of sp³-hybridized carbons (Fsp3) is 0.440. The maximum absolute atomic E-state index is 15.4. The number of benzene rings is 1. The summed E-state index contributed by atoms with van der Waals surface area (Å²) in [5.74, 6) is -0.167. The van der Waals surface area contributed by atoms with Crippen LogP contribution in [0.3, 0.4) is 0 Å². The zero-order valence-electron chi connectivity index (χ0n) is 19.8. The molecule has 1 aliphatic carbocycles. The van der Waals surface area contributed by atoms with Gasteiger partial charge in [0.2, 0.25) is 0 Å². The number of carbonyl (C=O) groups is 2. The molecular weight excluding hydrogens is 491 g/mol. The zero-order valence-corrected chi connectivity index (χ0v) is 21.4. The van der Waals surface area contributed by atoms with Gasteiger partial charge >= 0.3 is 6.09 Å². The first-order valence-corrected chi connectivity index (χ1v) is 12.9. The molecule has 0 radical (unpaired) electrons. The Morgan fingerprint density at radius 1 is 1.26 bits per heavy atom. The smallest absolute Gasteiger partial charge is 0.413 e. The number of hydrogen-bond donors (Lipinski definition) is 2. The van der Waals surface area contributed by atoms with Crippen LogP contribution in [0.4, 0.5) is 14.9 Å². The SMILES string of the molecule is CC(C)(C)N(C(=O)O)C1=N[C@@]2(c3cc(NC(=O)c4ccc(Cl)cn4)ccc3F)CCCC[C@H]2CS1. The van der Waals surface area contributed by atoms with E-state index in [0.717, 1.165) is 19.3 Å². The maximum atomic E-state index is 15.4. The lowest BCUT2D eigenvalue weighted by Crippen LogP contribution is -2.52. The van der Waals surface area contributed by atoms with E-state index in [1.807, 2.05) is 20.8 Å². The fourth-order valence-electron chi connectivity index (χ4n) is 4.80. The summed E-state index contributed by atoms with van der Waals surface area (Å²) in [6.07, 6.45) is 3.64. The van der Waals surface area contributed by atoms with Gasteiger partial charge in [0.1, 0.15) is 11.5 Å². The van der Waals surface area contributed by atoms with Crippen molar-refractivity contribution >= 4 is 46.2 Å². The summed E-state index contributed by atoms with van der Waals surface area (Å²) in [4.78, 5) is 35.1. The molecule has 10 heteroatoms.